The maximum Gasteiger partial charge on any atom is 0.259 e. The molecule has 0 bridgehead atoms. The summed E-state index contributed by atoms with van der Waals surface area (Å²) in [5, 5.41) is 0. The number of benzene rings is 3. The van der Waals surface area contributed by atoms with Crippen LogP contribution in [0.25, 0.3) is 6.08 Å². The molecule has 4 rings (SSSR count). The van der Waals surface area contributed by atoms with Gasteiger partial charge in [-0.3, -0.25) is 9.69 Å². The highest BCUT2D eigenvalue weighted by atomic mass is 16.2. The van der Waals surface area contributed by atoms with Gasteiger partial charge in [0.2, 0.25) is 0 Å². The van der Waals surface area contributed by atoms with Crippen LogP contribution >= 0.6 is 0 Å². The lowest BCUT2D eigenvalue weighted by atomic mass is 10.0. The average Bonchev–Trinajstić information content (AvgIpc) is 2.72. The third-order valence-electron chi connectivity index (χ3n) is 4.31. The van der Waals surface area contributed by atoms with Crippen LogP contribution in [-0.2, 0) is 0 Å². The molecular weight excluding hydrogens is 318 g/mol. The van der Waals surface area contributed by atoms with Crippen molar-refractivity contribution in [3.05, 3.63) is 108 Å². The zero-order valence-corrected chi connectivity index (χ0v) is 14.2. The molecule has 2 heteroatoms. The number of para-hydroxylation sites is 1. The largest absolute Gasteiger partial charge is 0.290 e. The lowest BCUT2D eigenvalue weighted by molar-refractivity contribution is 0.0985. The second-order valence-electron chi connectivity index (χ2n) is 6.04. The Labute approximate surface area is 153 Å². The Kier molecular flexibility index (Phi) is 4.37. The highest BCUT2D eigenvalue weighted by Gasteiger charge is 2.27. The van der Waals surface area contributed by atoms with Crippen LogP contribution in [0.1, 0.15) is 21.5 Å². The van der Waals surface area contributed by atoms with Gasteiger partial charge in [0.1, 0.15) is 6.04 Å². The fourth-order valence-electron chi connectivity index (χ4n) is 3.03. The minimum atomic E-state index is -0.308. The second kappa shape index (κ2) is 7.13. The molecule has 0 spiro atoms. The molecule has 1 unspecified atom stereocenters. The van der Waals surface area contributed by atoms with Gasteiger partial charge in [-0.05, 0) is 42.0 Å². The summed E-state index contributed by atoms with van der Waals surface area (Å²) < 4.78 is 0. The van der Waals surface area contributed by atoms with Gasteiger partial charge in [-0.15, -0.1) is 0 Å². The molecule has 0 aliphatic carbocycles. The Hall–Kier alpha value is -3.57. The van der Waals surface area contributed by atoms with E-state index in [0.717, 1.165) is 16.8 Å². The van der Waals surface area contributed by atoms with Gasteiger partial charge in [-0.25, -0.2) is 0 Å². The second-order valence-corrected chi connectivity index (χ2v) is 6.04. The fraction of sp³-hybridized carbons (Fsp3) is 0.0417. The van der Waals surface area contributed by atoms with Crippen LogP contribution in [0, 0.1) is 11.8 Å². The van der Waals surface area contributed by atoms with Crippen LogP contribution in [0.5, 0.6) is 0 Å². The molecule has 0 N–H and O–H groups in total. The monoisotopic (exact) mass is 335 g/mol. The van der Waals surface area contributed by atoms with E-state index in [9.17, 15) is 4.79 Å². The van der Waals surface area contributed by atoms with Crippen LogP contribution in [-0.4, -0.2) is 11.9 Å². The van der Waals surface area contributed by atoms with Gasteiger partial charge in [0, 0.05) is 11.1 Å². The van der Waals surface area contributed by atoms with Crippen molar-refractivity contribution in [1.82, 2.24) is 0 Å². The summed E-state index contributed by atoms with van der Waals surface area (Å²) in [6, 6.07) is 26.8. The van der Waals surface area contributed by atoms with Crippen molar-refractivity contribution in [2.24, 2.45) is 0 Å². The summed E-state index contributed by atoms with van der Waals surface area (Å²) in [4.78, 5) is 15.0. The minimum Gasteiger partial charge on any atom is -0.290 e. The first-order valence-corrected chi connectivity index (χ1v) is 8.55. The first kappa shape index (κ1) is 15.9. The normalized spacial score (nSPS) is 14.9. The zero-order chi connectivity index (χ0) is 17.8. The van der Waals surface area contributed by atoms with E-state index in [0.29, 0.717) is 5.56 Å². The van der Waals surface area contributed by atoms with Crippen molar-refractivity contribution in [1.29, 1.82) is 0 Å². The number of hydrogen-bond acceptors (Lipinski definition) is 1. The first-order valence-electron chi connectivity index (χ1n) is 8.55. The van der Waals surface area contributed by atoms with E-state index in [1.54, 1.807) is 4.90 Å². The number of fused-ring (bicyclic) bond motifs is 1. The van der Waals surface area contributed by atoms with E-state index in [-0.39, 0.29) is 11.9 Å². The fourth-order valence-corrected chi connectivity index (χ4v) is 3.03. The van der Waals surface area contributed by atoms with E-state index in [4.69, 9.17) is 0 Å². The van der Waals surface area contributed by atoms with Gasteiger partial charge < -0.3 is 0 Å². The van der Waals surface area contributed by atoms with Crippen LogP contribution in [0.15, 0.2) is 91.0 Å². The summed E-state index contributed by atoms with van der Waals surface area (Å²) in [6.45, 7) is 0. The molecule has 1 heterocycles. The summed E-state index contributed by atoms with van der Waals surface area (Å²) in [7, 11) is 0. The van der Waals surface area contributed by atoms with E-state index >= 15 is 0 Å². The zero-order valence-electron chi connectivity index (χ0n) is 14.2. The van der Waals surface area contributed by atoms with Crippen molar-refractivity contribution in [2.45, 2.75) is 6.04 Å². The van der Waals surface area contributed by atoms with Crippen LogP contribution < -0.4 is 4.90 Å². The Morgan fingerprint density at radius 1 is 0.808 bits per heavy atom. The third kappa shape index (κ3) is 3.16. The Morgan fingerprint density at radius 3 is 2.23 bits per heavy atom. The molecule has 0 radical (unpaired) electrons. The highest BCUT2D eigenvalue weighted by Crippen LogP contribution is 2.30. The van der Waals surface area contributed by atoms with E-state index < -0.39 is 0 Å². The van der Waals surface area contributed by atoms with Crippen molar-refractivity contribution in [3.63, 3.8) is 0 Å². The van der Waals surface area contributed by atoms with Crippen molar-refractivity contribution in [2.75, 3.05) is 4.90 Å². The molecule has 124 valence electrons. The minimum absolute atomic E-state index is 0.0465. The molecule has 0 saturated carbocycles. The van der Waals surface area contributed by atoms with Gasteiger partial charge in [0.25, 0.3) is 5.91 Å². The molecule has 26 heavy (non-hydrogen) atoms. The number of carbonyl (C=O) groups excluding carboxylic acids is 1. The molecule has 0 saturated heterocycles. The van der Waals surface area contributed by atoms with Crippen LogP contribution in [0.3, 0.4) is 0 Å². The van der Waals surface area contributed by atoms with E-state index in [1.807, 2.05) is 97.1 Å². The van der Waals surface area contributed by atoms with Crippen LogP contribution in [0.2, 0.25) is 0 Å². The van der Waals surface area contributed by atoms with Gasteiger partial charge >= 0.3 is 0 Å². The molecule has 1 aliphatic rings. The molecule has 3 aromatic rings. The smallest absolute Gasteiger partial charge is 0.259 e. The summed E-state index contributed by atoms with van der Waals surface area (Å²) in [5.41, 5.74) is 3.50. The maximum absolute atomic E-state index is 13.2. The third-order valence-corrected chi connectivity index (χ3v) is 4.31. The Balaban J connectivity index is 1.76. The standard InChI is InChI=1S/C24H17NO/c26-24(21-12-5-2-6-13-21)25-22(17-15-19-9-3-1-4-10-19)18-16-20-11-7-8-14-23(20)25/h1-14,16,18,22H. The van der Waals surface area contributed by atoms with E-state index in [1.165, 1.54) is 0 Å². The predicted octanol–water partition coefficient (Wildman–Crippen LogP) is 4.78. The molecule has 0 fully saturated rings. The number of rotatable bonds is 1. The number of hydrogen-bond donors (Lipinski definition) is 0. The molecular formula is C24H17NO. The highest BCUT2D eigenvalue weighted by molar-refractivity contribution is 6.09. The summed E-state index contributed by atoms with van der Waals surface area (Å²) in [5.74, 6) is 6.39. The molecule has 1 atom stereocenters. The maximum atomic E-state index is 13.2. The SMILES string of the molecule is O=C(c1ccccc1)N1c2ccccc2C=CC1C#Cc1ccccc1. The van der Waals surface area contributed by atoms with Crippen molar-refractivity contribution < 1.29 is 4.79 Å². The quantitative estimate of drug-likeness (QED) is 0.586. The molecule has 2 nitrogen and oxygen atoms in total. The molecule has 3 aromatic carbocycles. The van der Waals surface area contributed by atoms with Gasteiger partial charge in [-0.1, -0.05) is 72.5 Å². The van der Waals surface area contributed by atoms with Gasteiger partial charge in [-0.2, -0.15) is 0 Å². The van der Waals surface area contributed by atoms with Crippen LogP contribution in [0.4, 0.5) is 5.69 Å². The van der Waals surface area contributed by atoms with E-state index in [2.05, 4.69) is 11.8 Å². The Morgan fingerprint density at radius 2 is 1.46 bits per heavy atom. The molecule has 0 aromatic heterocycles. The number of amides is 1. The first-order chi connectivity index (χ1) is 12.8. The number of nitrogens with zero attached hydrogens (tertiary/aromatic N) is 1. The van der Waals surface area contributed by atoms with Crippen molar-refractivity contribution in [3.8, 4) is 11.8 Å². The molecule has 1 amide bonds. The number of anilines is 1. The summed E-state index contributed by atoms with van der Waals surface area (Å²) >= 11 is 0. The lowest BCUT2D eigenvalue weighted by Gasteiger charge is -2.31. The summed E-state index contributed by atoms with van der Waals surface area (Å²) in [6.07, 6.45) is 4.02. The topological polar surface area (TPSA) is 20.3 Å². The average molecular weight is 335 g/mol. The Bertz CT molecular complexity index is 1010. The van der Waals surface area contributed by atoms with Crippen molar-refractivity contribution >= 4 is 17.7 Å². The van der Waals surface area contributed by atoms with Gasteiger partial charge in [0.05, 0.1) is 5.69 Å². The molecule has 1 aliphatic heterocycles. The van der Waals surface area contributed by atoms with Gasteiger partial charge in [0.15, 0.2) is 0 Å². The predicted molar refractivity (Wildman–Crippen MR) is 106 cm³/mol. The number of carbonyl (C=O) groups is 1. The lowest BCUT2D eigenvalue weighted by Crippen LogP contribution is -2.40.